The molecule has 0 radical (unpaired) electrons. The molecule has 4 aromatic rings. The van der Waals surface area contributed by atoms with Crippen molar-refractivity contribution in [3.05, 3.63) is 72.3 Å². The minimum absolute atomic E-state index is 0.0362. The van der Waals surface area contributed by atoms with Crippen LogP contribution in [-0.2, 0) is 19.0 Å². The first kappa shape index (κ1) is 38.4. The van der Waals surface area contributed by atoms with Crippen molar-refractivity contribution in [3.63, 3.8) is 0 Å². The minimum atomic E-state index is -1.89. The number of carbonyl (C=O) groups is 1. The fourth-order valence-electron chi connectivity index (χ4n) is 5.76. The number of ether oxygens (including phenoxy) is 5. The van der Waals surface area contributed by atoms with Crippen molar-refractivity contribution in [2.24, 2.45) is 0 Å². The molecule has 0 unspecified atom stereocenters. The van der Waals surface area contributed by atoms with Gasteiger partial charge in [-0.15, -0.1) is 0 Å². The van der Waals surface area contributed by atoms with E-state index in [0.717, 1.165) is 12.1 Å². The first-order valence-electron chi connectivity index (χ1n) is 16.4. The molecule has 2 aliphatic heterocycles. The Hall–Kier alpha value is -5.28. The minimum Gasteiger partial charge on any atom is -0.508 e. The molecule has 0 bridgehead atoms. The first-order valence-corrected chi connectivity index (χ1v) is 16.4. The number of aliphatic hydroxyl groups is 7. The number of carbonyl (C=O) groups excluding carboxylic acids is 1. The number of phenolic OH excluding ortho intramolecular Hbond substituents is 4. The summed E-state index contributed by atoms with van der Waals surface area (Å²) in [5.41, 5.74) is 0.617. The zero-order chi connectivity index (χ0) is 38.8. The van der Waals surface area contributed by atoms with Crippen LogP contribution >= 0.6 is 0 Å². The summed E-state index contributed by atoms with van der Waals surface area (Å²) in [6, 6.07) is 13.0. The van der Waals surface area contributed by atoms with E-state index in [2.05, 4.69) is 0 Å². The van der Waals surface area contributed by atoms with Gasteiger partial charge in [-0.3, -0.25) is 0 Å². The molecule has 11 N–H and O–H groups in total. The number of hydrogen-bond acceptors (Lipinski definition) is 17. The van der Waals surface area contributed by atoms with Gasteiger partial charge < -0.3 is 79.9 Å². The van der Waals surface area contributed by atoms with Gasteiger partial charge in [0.1, 0.15) is 78.1 Å². The van der Waals surface area contributed by atoms with Gasteiger partial charge in [0.15, 0.2) is 11.5 Å². The Morgan fingerprint density at radius 3 is 1.96 bits per heavy atom. The molecule has 0 aliphatic carbocycles. The maximum atomic E-state index is 12.4. The summed E-state index contributed by atoms with van der Waals surface area (Å²) in [5, 5.41) is 113. The first-order chi connectivity index (χ1) is 25.7. The van der Waals surface area contributed by atoms with E-state index in [1.807, 2.05) is 0 Å². The van der Waals surface area contributed by atoms with Gasteiger partial charge in [-0.25, -0.2) is 9.21 Å². The summed E-state index contributed by atoms with van der Waals surface area (Å²) in [4.78, 5) is 12.4. The largest absolute Gasteiger partial charge is 0.508 e. The maximum Gasteiger partial charge on any atom is 0.402 e. The molecule has 1 aromatic heterocycles. The molecule has 2 aliphatic rings. The van der Waals surface area contributed by atoms with Crippen LogP contribution in [0.2, 0.25) is 0 Å². The van der Waals surface area contributed by atoms with Gasteiger partial charge in [-0.05, 0) is 48.0 Å². The van der Waals surface area contributed by atoms with Crippen LogP contribution in [0.1, 0.15) is 5.56 Å². The highest BCUT2D eigenvalue weighted by Gasteiger charge is 2.47. The molecule has 0 spiro atoms. The Kier molecular flexibility index (Phi) is 11.4. The third-order valence-electron chi connectivity index (χ3n) is 8.73. The Morgan fingerprint density at radius 1 is 0.685 bits per heavy atom. The van der Waals surface area contributed by atoms with Crippen molar-refractivity contribution in [1.29, 1.82) is 0 Å². The second-order valence-corrected chi connectivity index (χ2v) is 12.5. The van der Waals surface area contributed by atoms with Crippen LogP contribution in [0.25, 0.3) is 28.4 Å². The van der Waals surface area contributed by atoms with E-state index in [-0.39, 0.29) is 45.5 Å². The molecule has 10 atom stereocenters. The number of rotatable bonds is 10. The Morgan fingerprint density at radius 2 is 1.31 bits per heavy atom. The zero-order valence-electron chi connectivity index (χ0n) is 27.9. The molecular weight excluding hydrogens is 720 g/mol. The average Bonchev–Trinajstić information content (AvgIpc) is 3.15. The van der Waals surface area contributed by atoms with Crippen molar-refractivity contribution in [2.75, 3.05) is 13.2 Å². The summed E-state index contributed by atoms with van der Waals surface area (Å²) in [5.74, 6) is -2.61. The van der Waals surface area contributed by atoms with Gasteiger partial charge in [-0.1, -0.05) is 6.07 Å². The molecule has 3 heterocycles. The van der Waals surface area contributed by atoms with Gasteiger partial charge >= 0.3 is 17.3 Å². The molecule has 54 heavy (non-hydrogen) atoms. The van der Waals surface area contributed by atoms with E-state index >= 15 is 0 Å². The molecule has 3 aromatic carbocycles. The summed E-state index contributed by atoms with van der Waals surface area (Å²) in [7, 11) is 0. The fraction of sp³-hybridized carbons (Fsp3) is 0.333. The molecule has 18 heteroatoms. The lowest BCUT2D eigenvalue weighted by molar-refractivity contribution is -0.278. The van der Waals surface area contributed by atoms with Crippen LogP contribution in [0.4, 0.5) is 0 Å². The number of phenols is 4. The van der Waals surface area contributed by atoms with Crippen LogP contribution in [0.5, 0.6) is 34.5 Å². The highest BCUT2D eigenvalue weighted by atomic mass is 16.7. The smallest absolute Gasteiger partial charge is 0.402 e. The molecular formula is C36H37O18+. The number of fused-ring (bicyclic) bond motifs is 1. The van der Waals surface area contributed by atoms with E-state index in [9.17, 15) is 61.0 Å². The van der Waals surface area contributed by atoms with E-state index in [4.69, 9.17) is 28.1 Å². The standard InChI is InChI=1S/C36H36O18/c37-13-25-28(43)30(45)32(47)35(53-25)51-23-11-18(39)10-22-19(23)12-24(34(50-22)16-3-5-17(38)6-4-16)52-36-33(48)31(46)29(44)26(54-36)14-49-27(42)8-2-15-1-7-20(40)21(41)9-15/h1-12,25-26,28-33,35-37,43-48H,13-14H2,(H3-,38,39,40,41,42)/p+1/t25-,26-,28-,29-,30+,31-,32-,33-,35-,36-/m1/s1. The van der Waals surface area contributed by atoms with Crippen LogP contribution in [0.15, 0.2) is 71.2 Å². The molecule has 2 saturated heterocycles. The second-order valence-electron chi connectivity index (χ2n) is 12.5. The highest BCUT2D eigenvalue weighted by molar-refractivity contribution is 5.89. The molecule has 18 nitrogen and oxygen atoms in total. The summed E-state index contributed by atoms with van der Waals surface area (Å²) < 4.78 is 34.3. The molecule has 6 rings (SSSR count). The van der Waals surface area contributed by atoms with Gasteiger partial charge in [0, 0.05) is 18.2 Å². The number of benzene rings is 3. The van der Waals surface area contributed by atoms with E-state index < -0.39 is 86.3 Å². The predicted molar refractivity (Wildman–Crippen MR) is 181 cm³/mol. The van der Waals surface area contributed by atoms with E-state index in [1.54, 1.807) is 0 Å². The Bertz CT molecular complexity index is 1980. The van der Waals surface area contributed by atoms with Crippen molar-refractivity contribution in [2.45, 2.75) is 61.4 Å². The SMILES string of the molecule is O=C(/C=C/c1ccc(O)c(O)c1)OC[C@H]1O[C@@H](Oc2cc3c(O[C@@H]4O[C@H](CO)[C@@H](O)[C@H](O)[C@H]4O)cc(O)cc3[o+]c2-c2ccc(O)cc2)[C@H](O)[C@H](O)[C@@H]1O. The van der Waals surface area contributed by atoms with Crippen molar-refractivity contribution < 1.29 is 89.1 Å². The van der Waals surface area contributed by atoms with Crippen LogP contribution in [0.3, 0.4) is 0 Å². The molecule has 2 fully saturated rings. The van der Waals surface area contributed by atoms with Gasteiger partial charge in [0.2, 0.25) is 18.3 Å². The third kappa shape index (κ3) is 8.11. The molecule has 288 valence electrons. The van der Waals surface area contributed by atoms with E-state index in [0.29, 0.717) is 11.1 Å². The van der Waals surface area contributed by atoms with Crippen LogP contribution < -0.4 is 9.47 Å². The molecule has 0 saturated carbocycles. The van der Waals surface area contributed by atoms with Gasteiger partial charge in [0.25, 0.3) is 0 Å². The van der Waals surface area contributed by atoms with Crippen LogP contribution in [-0.4, -0.2) is 137 Å². The number of hydrogen-bond donors (Lipinski definition) is 11. The fourth-order valence-corrected chi connectivity index (χ4v) is 5.76. The lowest BCUT2D eigenvalue weighted by Gasteiger charge is -2.39. The quantitative estimate of drug-likeness (QED) is 0.0433. The monoisotopic (exact) mass is 757 g/mol. The highest BCUT2D eigenvalue weighted by Crippen LogP contribution is 2.42. The topological polar surface area (TPSA) is 297 Å². The average molecular weight is 758 g/mol. The van der Waals surface area contributed by atoms with Crippen molar-refractivity contribution >= 4 is 23.0 Å². The molecule has 0 amide bonds. The van der Waals surface area contributed by atoms with Crippen molar-refractivity contribution in [1.82, 2.24) is 0 Å². The van der Waals surface area contributed by atoms with E-state index in [1.165, 1.54) is 60.7 Å². The number of aromatic hydroxyl groups is 4. The lowest BCUT2D eigenvalue weighted by atomic mass is 9.99. The lowest BCUT2D eigenvalue weighted by Crippen LogP contribution is -2.60. The zero-order valence-corrected chi connectivity index (χ0v) is 27.9. The summed E-state index contributed by atoms with van der Waals surface area (Å²) in [6.45, 7) is -1.36. The van der Waals surface area contributed by atoms with Gasteiger partial charge in [0.05, 0.1) is 18.2 Å². The normalized spacial score (nSPS) is 28.6. The predicted octanol–water partition coefficient (Wildman–Crippen LogP) is -0.175. The Balaban J connectivity index is 1.29. The Labute approximate surface area is 304 Å². The number of esters is 1. The van der Waals surface area contributed by atoms with Gasteiger partial charge in [-0.2, -0.15) is 0 Å². The van der Waals surface area contributed by atoms with Crippen LogP contribution in [0, 0.1) is 0 Å². The second kappa shape index (κ2) is 16.0. The maximum absolute atomic E-state index is 12.4. The van der Waals surface area contributed by atoms with Crippen molar-refractivity contribution in [3.8, 4) is 45.8 Å². The summed E-state index contributed by atoms with van der Waals surface area (Å²) >= 11 is 0. The third-order valence-corrected chi connectivity index (χ3v) is 8.73. The number of aliphatic hydroxyl groups excluding tert-OH is 7. The summed E-state index contributed by atoms with van der Waals surface area (Å²) in [6.07, 6.45) is -14.7.